The Bertz CT molecular complexity index is 950. The fraction of sp³-hybridized carbons (Fsp3) is 0.300. The highest BCUT2D eigenvalue weighted by atomic mass is 32.1. The molecule has 0 N–H and O–H groups in total. The Kier molecular flexibility index (Phi) is 4.94. The second-order valence-electron chi connectivity index (χ2n) is 6.43. The molecule has 0 saturated carbocycles. The summed E-state index contributed by atoms with van der Waals surface area (Å²) in [6.45, 7) is 1.22. The van der Waals surface area contributed by atoms with Gasteiger partial charge in [-0.25, -0.2) is 9.37 Å². The predicted molar refractivity (Wildman–Crippen MR) is 102 cm³/mol. The first kappa shape index (κ1) is 17.7. The SMILES string of the molecule is COc1ccc2nc(OC3CCN(C(=O)c4ccc(F)cc4)CC3)sc2c1. The van der Waals surface area contributed by atoms with E-state index in [2.05, 4.69) is 4.98 Å². The van der Waals surface area contributed by atoms with Crippen molar-refractivity contribution in [3.8, 4) is 10.9 Å². The van der Waals surface area contributed by atoms with Crippen LogP contribution < -0.4 is 9.47 Å². The van der Waals surface area contributed by atoms with Gasteiger partial charge in [0.15, 0.2) is 0 Å². The highest BCUT2D eigenvalue weighted by Crippen LogP contribution is 2.32. The minimum Gasteiger partial charge on any atom is -0.497 e. The van der Waals surface area contributed by atoms with Gasteiger partial charge >= 0.3 is 0 Å². The number of carbonyl (C=O) groups excluding carboxylic acids is 1. The van der Waals surface area contributed by atoms with Gasteiger partial charge in [0, 0.05) is 31.5 Å². The number of thiazole rings is 1. The minimum absolute atomic E-state index is 0.0322. The Labute approximate surface area is 160 Å². The number of piperidine rings is 1. The summed E-state index contributed by atoms with van der Waals surface area (Å²) in [5.41, 5.74) is 1.40. The molecule has 1 amide bonds. The molecular weight excluding hydrogens is 367 g/mol. The van der Waals surface area contributed by atoms with Gasteiger partial charge in [-0.3, -0.25) is 4.79 Å². The zero-order chi connectivity index (χ0) is 18.8. The maximum atomic E-state index is 13.0. The number of rotatable bonds is 4. The van der Waals surface area contributed by atoms with E-state index in [0.717, 1.165) is 28.8 Å². The second-order valence-corrected chi connectivity index (χ2v) is 7.42. The molecule has 2 aromatic carbocycles. The van der Waals surface area contributed by atoms with E-state index in [1.54, 1.807) is 12.0 Å². The standard InChI is InChI=1S/C20H19FN2O3S/c1-25-16-6-7-17-18(12-16)27-20(22-17)26-15-8-10-23(11-9-15)19(24)13-2-4-14(21)5-3-13/h2-7,12,15H,8-11H2,1H3. The van der Waals surface area contributed by atoms with Gasteiger partial charge in [-0.2, -0.15) is 0 Å². The monoisotopic (exact) mass is 386 g/mol. The third-order valence-electron chi connectivity index (χ3n) is 4.66. The number of fused-ring (bicyclic) bond motifs is 1. The van der Waals surface area contributed by atoms with Crippen LogP contribution in [0.1, 0.15) is 23.2 Å². The Morgan fingerprint density at radius 2 is 1.93 bits per heavy atom. The van der Waals surface area contributed by atoms with E-state index in [1.807, 2.05) is 18.2 Å². The molecule has 0 radical (unpaired) electrons. The molecule has 1 fully saturated rings. The van der Waals surface area contributed by atoms with Crippen LogP contribution in [-0.4, -0.2) is 42.1 Å². The van der Waals surface area contributed by atoms with Crippen LogP contribution in [0.15, 0.2) is 42.5 Å². The summed E-state index contributed by atoms with van der Waals surface area (Å²) < 4.78 is 25.3. The molecule has 0 bridgehead atoms. The molecule has 0 aliphatic carbocycles. The molecule has 2 heterocycles. The number of nitrogens with zero attached hydrogens (tertiary/aromatic N) is 2. The maximum absolute atomic E-state index is 13.0. The Morgan fingerprint density at radius 1 is 1.19 bits per heavy atom. The topological polar surface area (TPSA) is 51.7 Å². The fourth-order valence-electron chi connectivity index (χ4n) is 3.16. The highest BCUT2D eigenvalue weighted by Gasteiger charge is 2.25. The third-order valence-corrected chi connectivity index (χ3v) is 5.57. The van der Waals surface area contributed by atoms with Crippen LogP contribution in [0.25, 0.3) is 10.2 Å². The zero-order valence-corrected chi connectivity index (χ0v) is 15.7. The van der Waals surface area contributed by atoms with Crippen molar-refractivity contribution in [3.05, 3.63) is 53.8 Å². The van der Waals surface area contributed by atoms with Crippen molar-refractivity contribution in [3.63, 3.8) is 0 Å². The maximum Gasteiger partial charge on any atom is 0.274 e. The number of amides is 1. The van der Waals surface area contributed by atoms with Crippen molar-refractivity contribution in [1.82, 2.24) is 9.88 Å². The highest BCUT2D eigenvalue weighted by molar-refractivity contribution is 7.20. The number of hydrogen-bond donors (Lipinski definition) is 0. The molecule has 0 spiro atoms. The van der Waals surface area contributed by atoms with Gasteiger partial charge in [0.05, 0.1) is 17.3 Å². The van der Waals surface area contributed by atoms with E-state index in [0.29, 0.717) is 23.8 Å². The average Bonchev–Trinajstić information content (AvgIpc) is 3.10. The van der Waals surface area contributed by atoms with Gasteiger partial charge in [0.1, 0.15) is 17.7 Å². The molecule has 4 rings (SSSR count). The van der Waals surface area contributed by atoms with Crippen LogP contribution in [0, 0.1) is 5.82 Å². The number of ether oxygens (including phenoxy) is 2. The number of carbonyl (C=O) groups is 1. The quantitative estimate of drug-likeness (QED) is 0.677. The first-order valence-electron chi connectivity index (χ1n) is 8.78. The molecule has 140 valence electrons. The number of aromatic nitrogens is 1. The zero-order valence-electron chi connectivity index (χ0n) is 14.9. The van der Waals surface area contributed by atoms with E-state index >= 15 is 0 Å². The number of benzene rings is 2. The molecule has 0 atom stereocenters. The first-order valence-corrected chi connectivity index (χ1v) is 9.60. The van der Waals surface area contributed by atoms with E-state index in [-0.39, 0.29) is 17.8 Å². The van der Waals surface area contributed by atoms with Crippen LogP contribution in [0.2, 0.25) is 0 Å². The summed E-state index contributed by atoms with van der Waals surface area (Å²) >= 11 is 1.50. The Morgan fingerprint density at radius 3 is 2.63 bits per heavy atom. The van der Waals surface area contributed by atoms with Crippen molar-refractivity contribution < 1.29 is 18.7 Å². The number of likely N-dealkylation sites (tertiary alicyclic amines) is 1. The molecule has 5 nitrogen and oxygen atoms in total. The van der Waals surface area contributed by atoms with Gasteiger partial charge in [-0.15, -0.1) is 0 Å². The summed E-state index contributed by atoms with van der Waals surface area (Å²) in [6, 6.07) is 11.4. The average molecular weight is 386 g/mol. The first-order chi connectivity index (χ1) is 13.1. The predicted octanol–water partition coefficient (Wildman–Crippen LogP) is 4.13. The number of halogens is 1. The van der Waals surface area contributed by atoms with Gasteiger partial charge in [0.2, 0.25) is 0 Å². The summed E-state index contributed by atoms with van der Waals surface area (Å²) in [7, 11) is 1.64. The lowest BCUT2D eigenvalue weighted by atomic mass is 10.1. The van der Waals surface area contributed by atoms with Crippen molar-refractivity contribution in [2.24, 2.45) is 0 Å². The van der Waals surface area contributed by atoms with E-state index in [4.69, 9.17) is 9.47 Å². The normalized spacial score (nSPS) is 15.1. The summed E-state index contributed by atoms with van der Waals surface area (Å²) in [5, 5.41) is 0.640. The molecule has 1 aliphatic rings. The lowest BCUT2D eigenvalue weighted by Crippen LogP contribution is -2.41. The van der Waals surface area contributed by atoms with E-state index < -0.39 is 0 Å². The minimum atomic E-state index is -0.341. The Hall–Kier alpha value is -2.67. The van der Waals surface area contributed by atoms with Gasteiger partial charge in [-0.05, 0) is 42.5 Å². The molecular formula is C20H19FN2O3S. The van der Waals surface area contributed by atoms with Gasteiger partial charge in [0.25, 0.3) is 11.1 Å². The van der Waals surface area contributed by atoms with Crippen LogP contribution in [0.3, 0.4) is 0 Å². The fourth-order valence-corrected chi connectivity index (χ4v) is 4.07. The van der Waals surface area contributed by atoms with Crippen molar-refractivity contribution in [2.75, 3.05) is 20.2 Å². The van der Waals surface area contributed by atoms with Crippen LogP contribution >= 0.6 is 11.3 Å². The van der Waals surface area contributed by atoms with Crippen LogP contribution in [0.5, 0.6) is 10.9 Å². The largest absolute Gasteiger partial charge is 0.497 e. The second kappa shape index (κ2) is 7.52. The van der Waals surface area contributed by atoms with Crippen LogP contribution in [-0.2, 0) is 0 Å². The summed E-state index contributed by atoms with van der Waals surface area (Å²) in [4.78, 5) is 18.8. The lowest BCUT2D eigenvalue weighted by molar-refractivity contribution is 0.0595. The van der Waals surface area contributed by atoms with Crippen LogP contribution in [0.4, 0.5) is 4.39 Å². The van der Waals surface area contributed by atoms with E-state index in [1.165, 1.54) is 35.6 Å². The molecule has 1 aliphatic heterocycles. The van der Waals surface area contributed by atoms with Crippen molar-refractivity contribution in [2.45, 2.75) is 18.9 Å². The summed E-state index contributed by atoms with van der Waals surface area (Å²) in [6.07, 6.45) is 1.52. The third kappa shape index (κ3) is 3.88. The summed E-state index contributed by atoms with van der Waals surface area (Å²) in [5.74, 6) is 0.387. The Balaban J connectivity index is 1.36. The molecule has 1 saturated heterocycles. The number of methoxy groups -OCH3 is 1. The molecule has 3 aromatic rings. The van der Waals surface area contributed by atoms with Crippen molar-refractivity contribution >= 4 is 27.5 Å². The van der Waals surface area contributed by atoms with Gasteiger partial charge < -0.3 is 14.4 Å². The van der Waals surface area contributed by atoms with Gasteiger partial charge in [-0.1, -0.05) is 11.3 Å². The molecule has 0 unspecified atom stereocenters. The molecule has 7 heteroatoms. The molecule has 27 heavy (non-hydrogen) atoms. The van der Waals surface area contributed by atoms with Crippen molar-refractivity contribution in [1.29, 1.82) is 0 Å². The molecule has 1 aromatic heterocycles. The van der Waals surface area contributed by atoms with E-state index in [9.17, 15) is 9.18 Å². The lowest BCUT2D eigenvalue weighted by Gasteiger charge is -2.31. The number of hydrogen-bond acceptors (Lipinski definition) is 5. The smallest absolute Gasteiger partial charge is 0.274 e.